The lowest BCUT2D eigenvalue weighted by molar-refractivity contribution is 0.190. The Hall–Kier alpha value is -2.67. The van der Waals surface area contributed by atoms with Crippen LogP contribution in [0.1, 0.15) is 12.3 Å². The predicted octanol–water partition coefficient (Wildman–Crippen LogP) is 2.38. The highest BCUT2D eigenvalue weighted by Gasteiger charge is 2.25. The number of hydrogen-bond acceptors (Lipinski definition) is 7. The third-order valence-electron chi connectivity index (χ3n) is 3.73. The molecule has 0 aromatic carbocycles. The number of furan rings is 1. The van der Waals surface area contributed by atoms with E-state index in [1.807, 2.05) is 18.2 Å². The summed E-state index contributed by atoms with van der Waals surface area (Å²) in [5, 5.41) is 3.94. The van der Waals surface area contributed by atoms with Crippen LogP contribution in [0.4, 0.5) is 0 Å². The van der Waals surface area contributed by atoms with Gasteiger partial charge in [-0.05, 0) is 30.7 Å². The van der Waals surface area contributed by atoms with E-state index in [-0.39, 0.29) is 6.10 Å². The molecule has 0 bridgehead atoms. The van der Waals surface area contributed by atoms with Gasteiger partial charge in [0.1, 0.15) is 11.9 Å². The van der Waals surface area contributed by atoms with Crippen LogP contribution in [0.2, 0.25) is 0 Å². The van der Waals surface area contributed by atoms with E-state index >= 15 is 0 Å². The molecule has 0 N–H and O–H groups in total. The molecule has 1 atom stereocenters. The molecule has 118 valence electrons. The summed E-state index contributed by atoms with van der Waals surface area (Å²) in [5.74, 6) is 2.47. The molecule has 0 aliphatic carbocycles. The molecule has 0 saturated carbocycles. The van der Waals surface area contributed by atoms with Gasteiger partial charge in [0.2, 0.25) is 11.7 Å². The van der Waals surface area contributed by atoms with Crippen LogP contribution in [0.5, 0.6) is 5.75 Å². The van der Waals surface area contributed by atoms with Crippen molar-refractivity contribution < 1.29 is 13.7 Å². The second-order valence-corrected chi connectivity index (χ2v) is 5.44. The van der Waals surface area contributed by atoms with Crippen molar-refractivity contribution in [2.75, 3.05) is 13.1 Å². The third kappa shape index (κ3) is 3.24. The zero-order chi connectivity index (χ0) is 15.5. The lowest BCUT2D eigenvalue weighted by atomic mass is 10.3. The van der Waals surface area contributed by atoms with Crippen molar-refractivity contribution >= 4 is 0 Å². The fourth-order valence-electron chi connectivity index (χ4n) is 2.66. The minimum absolute atomic E-state index is 0.159. The van der Waals surface area contributed by atoms with E-state index in [0.717, 1.165) is 25.3 Å². The number of aromatic nitrogens is 3. The Labute approximate surface area is 132 Å². The topological polar surface area (TPSA) is 77.4 Å². The van der Waals surface area contributed by atoms with Crippen LogP contribution in [0, 0.1) is 0 Å². The molecule has 4 rings (SSSR count). The van der Waals surface area contributed by atoms with Crippen molar-refractivity contribution in [3.05, 3.63) is 48.8 Å². The maximum Gasteiger partial charge on any atom is 0.241 e. The number of hydrogen-bond donors (Lipinski definition) is 0. The zero-order valence-corrected chi connectivity index (χ0v) is 12.5. The van der Waals surface area contributed by atoms with Gasteiger partial charge in [-0.1, -0.05) is 5.16 Å². The smallest absolute Gasteiger partial charge is 0.241 e. The summed E-state index contributed by atoms with van der Waals surface area (Å²) in [5.41, 5.74) is 0. The molecular weight excluding hydrogens is 296 g/mol. The monoisotopic (exact) mass is 312 g/mol. The summed E-state index contributed by atoms with van der Waals surface area (Å²) >= 11 is 0. The minimum atomic E-state index is 0.159. The summed E-state index contributed by atoms with van der Waals surface area (Å²) in [6.45, 7) is 2.37. The largest absolute Gasteiger partial charge is 0.487 e. The zero-order valence-electron chi connectivity index (χ0n) is 12.5. The second-order valence-electron chi connectivity index (χ2n) is 5.44. The van der Waals surface area contributed by atoms with Gasteiger partial charge in [-0.2, -0.15) is 4.98 Å². The molecule has 4 heterocycles. The molecule has 1 saturated heterocycles. The molecule has 3 aromatic heterocycles. The molecule has 1 fully saturated rings. The fraction of sp³-hybridized carbons (Fsp3) is 0.312. The first-order valence-electron chi connectivity index (χ1n) is 7.52. The molecule has 1 aliphatic rings. The van der Waals surface area contributed by atoms with Crippen LogP contribution >= 0.6 is 0 Å². The van der Waals surface area contributed by atoms with Crippen molar-refractivity contribution in [3.8, 4) is 17.3 Å². The highest BCUT2D eigenvalue weighted by molar-refractivity contribution is 5.44. The van der Waals surface area contributed by atoms with Gasteiger partial charge in [0.25, 0.3) is 0 Å². The van der Waals surface area contributed by atoms with Gasteiger partial charge in [0.05, 0.1) is 19.0 Å². The van der Waals surface area contributed by atoms with Gasteiger partial charge < -0.3 is 13.7 Å². The number of nitrogens with zero attached hydrogens (tertiary/aromatic N) is 4. The van der Waals surface area contributed by atoms with Crippen LogP contribution in [0.25, 0.3) is 11.6 Å². The number of pyridine rings is 1. The predicted molar refractivity (Wildman–Crippen MR) is 80.5 cm³/mol. The summed E-state index contributed by atoms with van der Waals surface area (Å²) in [7, 11) is 0. The van der Waals surface area contributed by atoms with Gasteiger partial charge in [-0.3, -0.25) is 9.88 Å². The molecular formula is C16H16N4O3. The molecule has 1 aliphatic heterocycles. The van der Waals surface area contributed by atoms with Crippen LogP contribution < -0.4 is 4.74 Å². The molecule has 7 nitrogen and oxygen atoms in total. The Morgan fingerprint density at radius 1 is 1.30 bits per heavy atom. The van der Waals surface area contributed by atoms with Gasteiger partial charge in [-0.15, -0.1) is 0 Å². The van der Waals surface area contributed by atoms with E-state index in [2.05, 4.69) is 20.0 Å². The molecule has 3 aromatic rings. The minimum Gasteiger partial charge on any atom is -0.487 e. The average Bonchev–Trinajstić information content (AvgIpc) is 3.30. The van der Waals surface area contributed by atoms with Crippen molar-refractivity contribution in [3.63, 3.8) is 0 Å². The highest BCUT2D eigenvalue weighted by Crippen LogP contribution is 2.20. The van der Waals surface area contributed by atoms with Crippen LogP contribution in [0.15, 0.2) is 51.9 Å². The lowest BCUT2D eigenvalue weighted by Gasteiger charge is -2.14. The van der Waals surface area contributed by atoms with E-state index in [1.165, 1.54) is 0 Å². The number of ether oxygens (including phenoxy) is 1. The maximum atomic E-state index is 5.92. The van der Waals surface area contributed by atoms with Crippen LogP contribution in [-0.4, -0.2) is 39.2 Å². The van der Waals surface area contributed by atoms with E-state index in [4.69, 9.17) is 13.7 Å². The highest BCUT2D eigenvalue weighted by atomic mass is 16.5. The first-order chi connectivity index (χ1) is 11.4. The molecule has 7 heteroatoms. The van der Waals surface area contributed by atoms with Crippen LogP contribution in [0.3, 0.4) is 0 Å². The Kier molecular flexibility index (Phi) is 3.77. The van der Waals surface area contributed by atoms with Crippen molar-refractivity contribution in [2.24, 2.45) is 0 Å². The van der Waals surface area contributed by atoms with Crippen molar-refractivity contribution in [1.29, 1.82) is 0 Å². The Morgan fingerprint density at radius 3 is 3.13 bits per heavy atom. The molecule has 0 amide bonds. The molecule has 23 heavy (non-hydrogen) atoms. The molecule has 0 spiro atoms. The summed E-state index contributed by atoms with van der Waals surface area (Å²) in [6.07, 6.45) is 6.18. The van der Waals surface area contributed by atoms with Crippen LogP contribution in [-0.2, 0) is 6.54 Å². The number of rotatable bonds is 5. The van der Waals surface area contributed by atoms with E-state index in [0.29, 0.717) is 24.0 Å². The Morgan fingerprint density at radius 2 is 2.30 bits per heavy atom. The van der Waals surface area contributed by atoms with Gasteiger partial charge >= 0.3 is 0 Å². The molecule has 0 radical (unpaired) electrons. The van der Waals surface area contributed by atoms with Crippen molar-refractivity contribution in [2.45, 2.75) is 19.1 Å². The van der Waals surface area contributed by atoms with E-state index in [1.54, 1.807) is 24.7 Å². The third-order valence-corrected chi connectivity index (χ3v) is 3.73. The summed E-state index contributed by atoms with van der Waals surface area (Å²) < 4.78 is 16.5. The van der Waals surface area contributed by atoms with E-state index in [9.17, 15) is 0 Å². The molecule has 0 unspecified atom stereocenters. The summed E-state index contributed by atoms with van der Waals surface area (Å²) in [6, 6.07) is 7.40. The lowest BCUT2D eigenvalue weighted by Crippen LogP contribution is -2.24. The first-order valence-corrected chi connectivity index (χ1v) is 7.52. The van der Waals surface area contributed by atoms with Gasteiger partial charge in [-0.25, -0.2) is 0 Å². The van der Waals surface area contributed by atoms with E-state index < -0.39 is 0 Å². The maximum absolute atomic E-state index is 5.92. The Bertz CT molecular complexity index is 742. The fourth-order valence-corrected chi connectivity index (χ4v) is 2.66. The van der Waals surface area contributed by atoms with Crippen molar-refractivity contribution in [1.82, 2.24) is 20.0 Å². The first kappa shape index (κ1) is 14.0. The quantitative estimate of drug-likeness (QED) is 0.715. The van der Waals surface area contributed by atoms with Gasteiger partial charge in [0, 0.05) is 19.3 Å². The standard InChI is InChI=1S/C16H16N4O3/c1-3-12(9-17-6-1)22-13-5-7-20(10-13)11-15-18-16(19-23-15)14-4-2-8-21-14/h1-4,6,8-9,13H,5,7,10-11H2/t13-/m0/s1. The Balaban J connectivity index is 1.34. The SMILES string of the molecule is c1cncc(O[C@H]2CCN(Cc3nc(-c4ccco4)no3)C2)c1. The second kappa shape index (κ2) is 6.21. The van der Waals surface area contributed by atoms with Gasteiger partial charge in [0.15, 0.2) is 5.76 Å². The summed E-state index contributed by atoms with van der Waals surface area (Å²) in [4.78, 5) is 10.7. The average molecular weight is 312 g/mol. The normalized spacial score (nSPS) is 18.3. The number of likely N-dealkylation sites (tertiary alicyclic amines) is 1.